The highest BCUT2D eigenvalue weighted by Crippen LogP contribution is 2.10. The van der Waals surface area contributed by atoms with Gasteiger partial charge >= 0.3 is 0 Å². The third-order valence-corrected chi connectivity index (χ3v) is 5.03. The molecule has 4 nitrogen and oxygen atoms in total. The lowest BCUT2D eigenvalue weighted by molar-refractivity contribution is 0.0350. The molecule has 0 aromatic rings. The number of nitrogens with zero attached hydrogens (tertiary/aromatic N) is 4. The van der Waals surface area contributed by atoms with Crippen molar-refractivity contribution in [3.63, 3.8) is 0 Å². The van der Waals surface area contributed by atoms with Crippen molar-refractivity contribution in [2.75, 3.05) is 65.6 Å². The van der Waals surface area contributed by atoms with E-state index in [9.17, 15) is 0 Å². The van der Waals surface area contributed by atoms with Gasteiger partial charge in [0.25, 0.3) is 0 Å². The van der Waals surface area contributed by atoms with Crippen LogP contribution in [-0.4, -0.2) is 91.2 Å². The van der Waals surface area contributed by atoms with E-state index in [0.717, 1.165) is 6.04 Å². The van der Waals surface area contributed by atoms with Gasteiger partial charge in [0.05, 0.1) is 6.67 Å². The summed E-state index contributed by atoms with van der Waals surface area (Å²) in [5, 5.41) is 0. The van der Waals surface area contributed by atoms with Gasteiger partial charge < -0.3 is 4.90 Å². The van der Waals surface area contributed by atoms with Crippen LogP contribution in [-0.2, 0) is 0 Å². The van der Waals surface area contributed by atoms with E-state index in [2.05, 4.69) is 40.4 Å². The number of hydrogen-bond acceptors (Lipinski definition) is 4. The van der Waals surface area contributed by atoms with E-state index in [-0.39, 0.29) is 0 Å². The molecule has 1 atom stereocenters. The van der Waals surface area contributed by atoms with Crippen LogP contribution in [0.1, 0.15) is 33.6 Å². The first-order chi connectivity index (χ1) is 9.72. The van der Waals surface area contributed by atoms with Gasteiger partial charge in [-0.05, 0) is 26.3 Å². The van der Waals surface area contributed by atoms with Crippen LogP contribution in [0.4, 0.5) is 0 Å². The lowest BCUT2D eigenvalue weighted by Crippen LogP contribution is -2.55. The topological polar surface area (TPSA) is 13.0 Å². The normalized spacial score (nSPS) is 25.9. The van der Waals surface area contributed by atoms with Crippen LogP contribution < -0.4 is 0 Å². The number of hydrogen-bond donors (Lipinski definition) is 0. The molecule has 0 saturated carbocycles. The first-order valence-electron chi connectivity index (χ1n) is 8.64. The van der Waals surface area contributed by atoms with Crippen molar-refractivity contribution in [3.05, 3.63) is 0 Å². The maximum absolute atomic E-state index is 2.65. The van der Waals surface area contributed by atoms with Gasteiger partial charge in [-0.1, -0.05) is 13.8 Å². The highest BCUT2D eigenvalue weighted by molar-refractivity contribution is 4.77. The highest BCUT2D eigenvalue weighted by atomic mass is 15.4. The Labute approximate surface area is 125 Å². The zero-order valence-electron chi connectivity index (χ0n) is 13.9. The molecule has 2 rings (SSSR count). The molecule has 2 heterocycles. The van der Waals surface area contributed by atoms with Gasteiger partial charge in [0.1, 0.15) is 0 Å². The van der Waals surface area contributed by atoms with Crippen molar-refractivity contribution in [2.24, 2.45) is 0 Å². The maximum atomic E-state index is 2.65. The average molecular weight is 282 g/mol. The average Bonchev–Trinajstić information content (AvgIpc) is 2.49. The van der Waals surface area contributed by atoms with Crippen molar-refractivity contribution in [3.8, 4) is 0 Å². The summed E-state index contributed by atoms with van der Waals surface area (Å²) in [6, 6.07) is 0.759. The molecule has 0 N–H and O–H groups in total. The van der Waals surface area contributed by atoms with Gasteiger partial charge in [0, 0.05) is 58.4 Å². The van der Waals surface area contributed by atoms with E-state index in [1.54, 1.807) is 0 Å². The molecule has 2 saturated heterocycles. The second kappa shape index (κ2) is 8.32. The molecule has 0 aromatic heterocycles. The largest absolute Gasteiger partial charge is 0.301 e. The first-order valence-corrected chi connectivity index (χ1v) is 8.64. The van der Waals surface area contributed by atoms with E-state index in [1.165, 1.54) is 78.4 Å². The molecule has 2 aliphatic rings. The predicted molar refractivity (Wildman–Crippen MR) is 86.1 cm³/mol. The Balaban J connectivity index is 1.64. The van der Waals surface area contributed by atoms with E-state index in [4.69, 9.17) is 0 Å². The minimum atomic E-state index is 0.759. The minimum Gasteiger partial charge on any atom is -0.301 e. The van der Waals surface area contributed by atoms with Gasteiger partial charge in [0.15, 0.2) is 0 Å². The molecule has 2 aliphatic heterocycles. The van der Waals surface area contributed by atoms with Crippen LogP contribution in [0.3, 0.4) is 0 Å². The lowest BCUT2D eigenvalue weighted by atomic mass is 10.2. The van der Waals surface area contributed by atoms with E-state index < -0.39 is 0 Å². The zero-order chi connectivity index (χ0) is 14.4. The van der Waals surface area contributed by atoms with Crippen LogP contribution in [0, 0.1) is 0 Å². The Morgan fingerprint density at radius 3 is 1.75 bits per heavy atom. The van der Waals surface area contributed by atoms with Crippen LogP contribution >= 0.6 is 0 Å². The van der Waals surface area contributed by atoms with E-state index >= 15 is 0 Å². The third-order valence-electron chi connectivity index (χ3n) is 5.03. The fourth-order valence-electron chi connectivity index (χ4n) is 3.36. The minimum absolute atomic E-state index is 0.759. The smallest absolute Gasteiger partial charge is 0.0508 e. The summed E-state index contributed by atoms with van der Waals surface area (Å²) >= 11 is 0. The van der Waals surface area contributed by atoms with Crippen molar-refractivity contribution in [2.45, 2.75) is 39.7 Å². The van der Waals surface area contributed by atoms with E-state index in [1.807, 2.05) is 0 Å². The molecule has 0 aromatic carbocycles. The Morgan fingerprint density at radius 2 is 1.25 bits per heavy atom. The fourth-order valence-corrected chi connectivity index (χ4v) is 3.36. The second-order valence-electron chi connectivity index (χ2n) is 6.51. The van der Waals surface area contributed by atoms with Gasteiger partial charge in [-0.2, -0.15) is 0 Å². The zero-order valence-corrected chi connectivity index (χ0v) is 13.9. The highest BCUT2D eigenvalue weighted by Gasteiger charge is 2.23. The second-order valence-corrected chi connectivity index (χ2v) is 6.51. The van der Waals surface area contributed by atoms with Crippen LogP contribution in [0.2, 0.25) is 0 Å². The standard InChI is InChI=1S/C16H34N4/c1-4-6-17-7-9-18(10-8-17)15-19-11-13-20(14-12-19)16(3)5-2/h16H,4-15H2,1-3H3. The Morgan fingerprint density at radius 1 is 0.750 bits per heavy atom. The van der Waals surface area contributed by atoms with Crippen LogP contribution in [0.15, 0.2) is 0 Å². The molecular weight excluding hydrogens is 248 g/mol. The molecule has 20 heavy (non-hydrogen) atoms. The van der Waals surface area contributed by atoms with Gasteiger partial charge in [0.2, 0.25) is 0 Å². The van der Waals surface area contributed by atoms with Gasteiger partial charge in [-0.3, -0.25) is 14.7 Å². The van der Waals surface area contributed by atoms with Crippen LogP contribution in [0.5, 0.6) is 0 Å². The first kappa shape index (κ1) is 16.2. The number of rotatable bonds is 6. The summed E-state index contributed by atoms with van der Waals surface area (Å²) in [7, 11) is 0. The summed E-state index contributed by atoms with van der Waals surface area (Å²) in [5.41, 5.74) is 0. The number of piperazine rings is 2. The lowest BCUT2D eigenvalue weighted by Gasteiger charge is -2.42. The summed E-state index contributed by atoms with van der Waals surface area (Å²) < 4.78 is 0. The molecule has 0 amide bonds. The monoisotopic (exact) mass is 282 g/mol. The fraction of sp³-hybridized carbons (Fsp3) is 1.00. The van der Waals surface area contributed by atoms with Crippen LogP contribution in [0.25, 0.3) is 0 Å². The molecule has 0 radical (unpaired) electrons. The molecule has 1 unspecified atom stereocenters. The molecule has 0 bridgehead atoms. The molecule has 2 fully saturated rings. The molecule has 0 spiro atoms. The van der Waals surface area contributed by atoms with Crippen molar-refractivity contribution < 1.29 is 0 Å². The Hall–Kier alpha value is -0.160. The summed E-state index contributed by atoms with van der Waals surface area (Å²) in [6.07, 6.45) is 2.57. The third kappa shape index (κ3) is 4.69. The van der Waals surface area contributed by atoms with Crippen molar-refractivity contribution >= 4 is 0 Å². The maximum Gasteiger partial charge on any atom is 0.0508 e. The van der Waals surface area contributed by atoms with Gasteiger partial charge in [-0.15, -0.1) is 0 Å². The Bertz CT molecular complexity index is 255. The summed E-state index contributed by atoms with van der Waals surface area (Å²) in [6.45, 7) is 19.5. The molecule has 4 heteroatoms. The predicted octanol–water partition coefficient (Wildman–Crippen LogP) is 1.39. The molecule has 0 aliphatic carbocycles. The molecule has 118 valence electrons. The SMILES string of the molecule is CCCN1CCN(CN2CCN(C(C)CC)CC2)CC1. The summed E-state index contributed by atoms with van der Waals surface area (Å²) in [4.78, 5) is 10.5. The quantitative estimate of drug-likeness (QED) is 0.730. The van der Waals surface area contributed by atoms with E-state index in [0.29, 0.717) is 0 Å². The summed E-state index contributed by atoms with van der Waals surface area (Å²) in [5.74, 6) is 0. The van der Waals surface area contributed by atoms with Gasteiger partial charge in [-0.25, -0.2) is 0 Å². The van der Waals surface area contributed by atoms with Crippen molar-refractivity contribution in [1.29, 1.82) is 0 Å². The Kier molecular flexibility index (Phi) is 6.75. The van der Waals surface area contributed by atoms with Crippen molar-refractivity contribution in [1.82, 2.24) is 19.6 Å². The molecular formula is C16H34N4.